The SMILES string of the molecule is CC.CC.CC(=O)NCC(F)C(C)(C)OCCNCCOCCN.[HH].[HH].[HH]. The number of halogens is 1. The van der Waals surface area contributed by atoms with E-state index in [9.17, 15) is 9.18 Å². The Bertz CT molecular complexity index is 281. The zero-order valence-corrected chi connectivity index (χ0v) is 16.7. The molecule has 0 aliphatic heterocycles. The molecule has 7 heteroatoms. The van der Waals surface area contributed by atoms with E-state index in [0.29, 0.717) is 39.5 Å². The molecule has 0 heterocycles. The first-order valence-electron chi connectivity index (χ1n) is 8.91. The summed E-state index contributed by atoms with van der Waals surface area (Å²) in [6, 6.07) is 0. The van der Waals surface area contributed by atoms with Crippen LogP contribution in [0.5, 0.6) is 0 Å². The van der Waals surface area contributed by atoms with Crippen LogP contribution in [-0.2, 0) is 14.3 Å². The third-order valence-electron chi connectivity index (χ3n) is 2.72. The normalized spacial score (nSPS) is 11.5. The van der Waals surface area contributed by atoms with Gasteiger partial charge in [0, 0.05) is 30.8 Å². The Balaban J connectivity index is -0.000000147. The van der Waals surface area contributed by atoms with Crippen molar-refractivity contribution in [3.05, 3.63) is 0 Å². The predicted octanol–water partition coefficient (Wildman–Crippen LogP) is 2.61. The van der Waals surface area contributed by atoms with Gasteiger partial charge in [-0.3, -0.25) is 4.79 Å². The molecule has 0 aliphatic carbocycles. The number of alkyl halides is 1. The van der Waals surface area contributed by atoms with Crippen molar-refractivity contribution in [2.45, 2.75) is 60.2 Å². The molecule has 4 N–H and O–H groups in total. The van der Waals surface area contributed by atoms with Gasteiger partial charge in [0.2, 0.25) is 5.91 Å². The number of hydrogen-bond acceptors (Lipinski definition) is 5. The fraction of sp³-hybridized carbons (Fsp3) is 0.941. The Morgan fingerprint density at radius 2 is 1.71 bits per heavy atom. The van der Waals surface area contributed by atoms with Crippen LogP contribution < -0.4 is 16.4 Å². The molecule has 0 aromatic carbocycles. The molecule has 6 nitrogen and oxygen atoms in total. The molecule has 0 aromatic rings. The summed E-state index contributed by atoms with van der Waals surface area (Å²) < 4.78 is 24.6. The van der Waals surface area contributed by atoms with Gasteiger partial charge in [0.1, 0.15) is 6.17 Å². The summed E-state index contributed by atoms with van der Waals surface area (Å²) in [7, 11) is 0. The molecular weight excluding hydrogens is 313 g/mol. The van der Waals surface area contributed by atoms with E-state index >= 15 is 0 Å². The van der Waals surface area contributed by atoms with Crippen molar-refractivity contribution in [1.29, 1.82) is 0 Å². The van der Waals surface area contributed by atoms with Crippen LogP contribution in [0.3, 0.4) is 0 Å². The van der Waals surface area contributed by atoms with Gasteiger partial charge in [-0.05, 0) is 13.8 Å². The van der Waals surface area contributed by atoms with Crippen LogP contribution >= 0.6 is 0 Å². The summed E-state index contributed by atoms with van der Waals surface area (Å²) >= 11 is 0. The smallest absolute Gasteiger partial charge is 0.216 e. The Labute approximate surface area is 152 Å². The first kappa shape index (κ1) is 28.1. The number of rotatable bonds is 12. The average Bonchev–Trinajstić information content (AvgIpc) is 2.58. The Hall–Kier alpha value is -0.760. The molecule has 0 saturated heterocycles. The van der Waals surface area contributed by atoms with Crippen LogP contribution in [0.25, 0.3) is 0 Å². The lowest BCUT2D eigenvalue weighted by Crippen LogP contribution is -2.44. The summed E-state index contributed by atoms with van der Waals surface area (Å²) in [4.78, 5) is 10.7. The molecule has 0 saturated carbocycles. The summed E-state index contributed by atoms with van der Waals surface area (Å²) in [5, 5.41) is 5.57. The van der Waals surface area contributed by atoms with Gasteiger partial charge >= 0.3 is 0 Å². The first-order chi connectivity index (χ1) is 11.4. The molecule has 0 fully saturated rings. The highest BCUT2D eigenvalue weighted by Crippen LogP contribution is 2.17. The first-order valence-corrected chi connectivity index (χ1v) is 8.91. The quantitative estimate of drug-likeness (QED) is 0.466. The second kappa shape index (κ2) is 20.3. The molecule has 1 unspecified atom stereocenters. The average molecular weight is 360 g/mol. The van der Waals surface area contributed by atoms with E-state index in [-0.39, 0.29) is 16.7 Å². The number of carbonyl (C=O) groups is 1. The second-order valence-electron chi connectivity index (χ2n) is 5.01. The van der Waals surface area contributed by atoms with Gasteiger partial charge in [-0.25, -0.2) is 4.39 Å². The minimum Gasteiger partial charge on any atom is -0.379 e. The molecule has 0 aliphatic rings. The number of amides is 1. The number of nitrogens with one attached hydrogen (secondary N) is 2. The highest BCUT2D eigenvalue weighted by molar-refractivity contribution is 5.72. The number of hydrogen-bond donors (Lipinski definition) is 3. The molecule has 0 aromatic heterocycles. The van der Waals surface area contributed by atoms with Gasteiger partial charge in [0.15, 0.2) is 0 Å². The molecule has 154 valence electrons. The summed E-state index contributed by atoms with van der Waals surface area (Å²) in [5.74, 6) is -0.248. The molecular formula is C17H46FN3O3. The number of carbonyl (C=O) groups excluding carboxylic acids is 1. The Kier molecular flexibility index (Phi) is 23.7. The molecule has 1 atom stereocenters. The zero-order chi connectivity index (χ0) is 19.4. The minimum atomic E-state index is -1.25. The topological polar surface area (TPSA) is 85.6 Å². The van der Waals surface area contributed by atoms with Crippen LogP contribution in [0.1, 0.15) is 52.7 Å². The third-order valence-corrected chi connectivity index (χ3v) is 2.72. The van der Waals surface area contributed by atoms with Crippen LogP contribution in [0.15, 0.2) is 0 Å². The maximum Gasteiger partial charge on any atom is 0.216 e. The Morgan fingerprint density at radius 3 is 2.21 bits per heavy atom. The van der Waals surface area contributed by atoms with Crippen molar-refractivity contribution >= 4 is 5.91 Å². The van der Waals surface area contributed by atoms with Gasteiger partial charge in [0.25, 0.3) is 0 Å². The second-order valence-corrected chi connectivity index (χ2v) is 5.01. The molecule has 0 bridgehead atoms. The zero-order valence-electron chi connectivity index (χ0n) is 16.7. The van der Waals surface area contributed by atoms with E-state index in [1.807, 2.05) is 27.7 Å². The van der Waals surface area contributed by atoms with Gasteiger partial charge < -0.3 is 25.8 Å². The lowest BCUT2D eigenvalue weighted by atomic mass is 10.0. The van der Waals surface area contributed by atoms with Crippen LogP contribution in [0, 0.1) is 0 Å². The van der Waals surface area contributed by atoms with Gasteiger partial charge in [-0.2, -0.15) is 0 Å². The van der Waals surface area contributed by atoms with Crippen molar-refractivity contribution in [1.82, 2.24) is 10.6 Å². The maximum atomic E-state index is 13.9. The molecule has 0 rings (SSSR count). The van der Waals surface area contributed by atoms with Gasteiger partial charge in [0.05, 0.1) is 32.0 Å². The summed E-state index contributed by atoms with van der Waals surface area (Å²) in [6.07, 6.45) is -1.25. The lowest BCUT2D eigenvalue weighted by Gasteiger charge is -2.29. The van der Waals surface area contributed by atoms with Crippen molar-refractivity contribution in [3.63, 3.8) is 0 Å². The fourth-order valence-corrected chi connectivity index (χ4v) is 1.41. The van der Waals surface area contributed by atoms with Crippen molar-refractivity contribution in [2.75, 3.05) is 46.0 Å². The largest absolute Gasteiger partial charge is 0.379 e. The molecule has 1 amide bonds. The Morgan fingerprint density at radius 1 is 1.17 bits per heavy atom. The maximum absolute atomic E-state index is 13.9. The number of ether oxygens (including phenoxy) is 2. The highest BCUT2D eigenvalue weighted by atomic mass is 19.1. The van der Waals surface area contributed by atoms with E-state index in [2.05, 4.69) is 10.6 Å². The van der Waals surface area contributed by atoms with E-state index in [1.165, 1.54) is 6.92 Å². The predicted molar refractivity (Wildman–Crippen MR) is 105 cm³/mol. The summed E-state index contributed by atoms with van der Waals surface area (Å²) in [6.45, 7) is 16.0. The van der Waals surface area contributed by atoms with Crippen LogP contribution in [0.4, 0.5) is 4.39 Å². The van der Waals surface area contributed by atoms with E-state index in [4.69, 9.17) is 15.2 Å². The highest BCUT2D eigenvalue weighted by Gasteiger charge is 2.30. The molecule has 0 radical (unpaired) electrons. The van der Waals surface area contributed by atoms with Crippen LogP contribution in [-0.4, -0.2) is 63.7 Å². The van der Waals surface area contributed by atoms with Gasteiger partial charge in [-0.15, -0.1) is 0 Å². The van der Waals surface area contributed by atoms with E-state index in [1.54, 1.807) is 13.8 Å². The third kappa shape index (κ3) is 19.3. The number of nitrogens with two attached hydrogens (primary N) is 1. The minimum absolute atomic E-state index is 0. The standard InChI is InChI=1S/C13H28FN3O3.2C2H6.3H2/c1-11(18)17-10-12(14)13(2,3)20-9-6-16-5-8-19-7-4-15;2*1-2;;;/h12,16H,4-10,15H2,1-3H3,(H,17,18);2*1-2H3;3*1H. The molecule has 0 spiro atoms. The lowest BCUT2D eigenvalue weighted by molar-refractivity contribution is -0.120. The van der Waals surface area contributed by atoms with E-state index < -0.39 is 11.8 Å². The summed E-state index contributed by atoms with van der Waals surface area (Å²) in [5.41, 5.74) is 4.35. The van der Waals surface area contributed by atoms with Crippen molar-refractivity contribution in [3.8, 4) is 0 Å². The van der Waals surface area contributed by atoms with Gasteiger partial charge in [-0.1, -0.05) is 27.7 Å². The van der Waals surface area contributed by atoms with Crippen molar-refractivity contribution in [2.24, 2.45) is 5.73 Å². The fourth-order valence-electron chi connectivity index (χ4n) is 1.41. The van der Waals surface area contributed by atoms with Crippen molar-refractivity contribution < 1.29 is 22.9 Å². The monoisotopic (exact) mass is 359 g/mol. The van der Waals surface area contributed by atoms with E-state index in [0.717, 1.165) is 0 Å². The molecule has 24 heavy (non-hydrogen) atoms. The van der Waals surface area contributed by atoms with Crippen LogP contribution in [0.2, 0.25) is 0 Å².